The molecule has 0 aliphatic carbocycles. The van der Waals surface area contributed by atoms with E-state index >= 15 is 0 Å². The smallest absolute Gasteiger partial charge is 0.129 e. The largest absolute Gasteiger partial charge is 0.489 e. The third-order valence-electron chi connectivity index (χ3n) is 3.10. The average Bonchev–Trinajstić information content (AvgIpc) is 2.39. The van der Waals surface area contributed by atoms with Gasteiger partial charge in [0.1, 0.15) is 18.2 Å². The second-order valence-corrected chi connectivity index (χ2v) is 5.17. The van der Waals surface area contributed by atoms with Gasteiger partial charge in [0.15, 0.2) is 0 Å². The van der Waals surface area contributed by atoms with Crippen LogP contribution in [0.3, 0.4) is 0 Å². The van der Waals surface area contributed by atoms with Crippen LogP contribution in [0.1, 0.15) is 23.6 Å². The van der Waals surface area contributed by atoms with Crippen molar-refractivity contribution in [1.82, 2.24) is 0 Å². The first-order chi connectivity index (χ1) is 9.56. The van der Waals surface area contributed by atoms with Crippen LogP contribution in [0.25, 0.3) is 0 Å². The Hall–Kier alpha value is -1.87. The maximum absolute atomic E-state index is 13.6. The first-order valence-corrected chi connectivity index (χ1v) is 6.77. The lowest BCUT2D eigenvalue weighted by molar-refractivity contribution is 0.296. The normalized spacial score (nSPS) is 12.2. The Morgan fingerprint density at radius 2 is 1.90 bits per heavy atom. The molecule has 0 fully saturated rings. The van der Waals surface area contributed by atoms with Crippen molar-refractivity contribution < 1.29 is 9.13 Å². The topological polar surface area (TPSA) is 35.2 Å². The van der Waals surface area contributed by atoms with Gasteiger partial charge >= 0.3 is 0 Å². The Kier molecular flexibility index (Phi) is 4.74. The summed E-state index contributed by atoms with van der Waals surface area (Å²) in [4.78, 5) is 0. The molecule has 0 heterocycles. The molecule has 2 rings (SSSR count). The Balaban J connectivity index is 2.15. The Morgan fingerprint density at radius 1 is 1.15 bits per heavy atom. The maximum atomic E-state index is 13.6. The molecule has 1 unspecified atom stereocenters. The molecule has 0 saturated heterocycles. The van der Waals surface area contributed by atoms with Gasteiger partial charge in [0, 0.05) is 11.6 Å². The molecule has 20 heavy (non-hydrogen) atoms. The van der Waals surface area contributed by atoms with Crippen LogP contribution in [-0.4, -0.2) is 6.04 Å². The van der Waals surface area contributed by atoms with E-state index in [1.165, 1.54) is 11.6 Å². The summed E-state index contributed by atoms with van der Waals surface area (Å²) < 4.78 is 19.3. The molecule has 3 heteroatoms. The molecule has 0 radical (unpaired) electrons. The minimum atomic E-state index is -0.242. The van der Waals surface area contributed by atoms with Crippen LogP contribution in [0.2, 0.25) is 0 Å². The molecule has 0 aliphatic rings. The van der Waals surface area contributed by atoms with E-state index in [1.807, 2.05) is 26.0 Å². The number of benzene rings is 2. The van der Waals surface area contributed by atoms with Gasteiger partial charge in [-0.05, 0) is 38.0 Å². The maximum Gasteiger partial charge on any atom is 0.129 e. The molecule has 0 amide bonds. The summed E-state index contributed by atoms with van der Waals surface area (Å²) in [5, 5.41) is 0. The van der Waals surface area contributed by atoms with Gasteiger partial charge < -0.3 is 10.5 Å². The van der Waals surface area contributed by atoms with Gasteiger partial charge in [-0.1, -0.05) is 35.9 Å². The van der Waals surface area contributed by atoms with E-state index in [-0.39, 0.29) is 18.5 Å². The van der Waals surface area contributed by atoms with Crippen LogP contribution in [0.15, 0.2) is 42.5 Å². The van der Waals surface area contributed by atoms with Crippen LogP contribution in [0, 0.1) is 12.7 Å². The fourth-order valence-corrected chi connectivity index (χ4v) is 2.13. The molecular weight excluding hydrogens is 253 g/mol. The molecule has 106 valence electrons. The minimum absolute atomic E-state index is 0.0626. The summed E-state index contributed by atoms with van der Waals surface area (Å²) in [5.74, 6) is 0.532. The highest BCUT2D eigenvalue weighted by Crippen LogP contribution is 2.23. The first kappa shape index (κ1) is 14.5. The Bertz CT molecular complexity index is 581. The predicted molar refractivity (Wildman–Crippen MR) is 79.3 cm³/mol. The molecule has 1 atom stereocenters. The van der Waals surface area contributed by atoms with E-state index in [4.69, 9.17) is 10.5 Å². The third kappa shape index (κ3) is 3.81. The summed E-state index contributed by atoms with van der Waals surface area (Å²) in [6.45, 7) is 4.22. The molecular formula is C17H20FNO. The molecule has 0 aromatic heterocycles. The van der Waals surface area contributed by atoms with E-state index in [9.17, 15) is 4.39 Å². The number of aryl methyl sites for hydroxylation is 1. The summed E-state index contributed by atoms with van der Waals surface area (Å²) in [6.07, 6.45) is 0.744. The molecule has 2 aromatic rings. The van der Waals surface area contributed by atoms with Gasteiger partial charge in [-0.15, -0.1) is 0 Å². The van der Waals surface area contributed by atoms with Gasteiger partial charge in [-0.3, -0.25) is 0 Å². The van der Waals surface area contributed by atoms with Crippen LogP contribution < -0.4 is 10.5 Å². The Morgan fingerprint density at radius 3 is 2.60 bits per heavy atom. The highest BCUT2D eigenvalue weighted by molar-refractivity contribution is 5.37. The molecule has 0 bridgehead atoms. The van der Waals surface area contributed by atoms with E-state index in [2.05, 4.69) is 6.07 Å². The minimum Gasteiger partial charge on any atom is -0.489 e. The van der Waals surface area contributed by atoms with Crippen LogP contribution in [0.5, 0.6) is 5.75 Å². The van der Waals surface area contributed by atoms with Crippen molar-refractivity contribution in [3.8, 4) is 5.75 Å². The fourth-order valence-electron chi connectivity index (χ4n) is 2.13. The van der Waals surface area contributed by atoms with E-state index < -0.39 is 0 Å². The number of rotatable bonds is 5. The molecule has 2 aromatic carbocycles. The van der Waals surface area contributed by atoms with E-state index in [0.717, 1.165) is 17.7 Å². The summed E-state index contributed by atoms with van der Waals surface area (Å²) in [7, 11) is 0. The van der Waals surface area contributed by atoms with Crippen LogP contribution in [0.4, 0.5) is 4.39 Å². The van der Waals surface area contributed by atoms with Crippen molar-refractivity contribution in [2.45, 2.75) is 32.9 Å². The summed E-state index contributed by atoms with van der Waals surface area (Å²) >= 11 is 0. The fraction of sp³-hybridized carbons (Fsp3) is 0.294. The van der Waals surface area contributed by atoms with Gasteiger partial charge in [0.05, 0.1) is 0 Å². The third-order valence-corrected chi connectivity index (χ3v) is 3.10. The summed E-state index contributed by atoms with van der Waals surface area (Å²) in [5.41, 5.74) is 8.65. The van der Waals surface area contributed by atoms with Crippen LogP contribution in [-0.2, 0) is 13.0 Å². The molecule has 0 saturated carbocycles. The van der Waals surface area contributed by atoms with E-state index in [0.29, 0.717) is 5.56 Å². The lowest BCUT2D eigenvalue weighted by Crippen LogP contribution is -2.18. The van der Waals surface area contributed by atoms with Gasteiger partial charge in [0.2, 0.25) is 0 Å². The van der Waals surface area contributed by atoms with Crippen molar-refractivity contribution >= 4 is 0 Å². The van der Waals surface area contributed by atoms with Gasteiger partial charge in [-0.25, -0.2) is 4.39 Å². The lowest BCUT2D eigenvalue weighted by Gasteiger charge is -2.14. The zero-order valence-electron chi connectivity index (χ0n) is 11.9. The van der Waals surface area contributed by atoms with Crippen molar-refractivity contribution in [3.05, 3.63) is 65.0 Å². The van der Waals surface area contributed by atoms with Crippen LogP contribution >= 0.6 is 0 Å². The SMILES string of the molecule is Cc1ccc(OCc2ccccc2F)c(CC(C)N)c1. The number of ether oxygens (including phenoxy) is 1. The number of halogens is 1. The van der Waals surface area contributed by atoms with Crippen molar-refractivity contribution in [2.24, 2.45) is 5.73 Å². The monoisotopic (exact) mass is 273 g/mol. The number of hydrogen-bond donors (Lipinski definition) is 1. The molecule has 0 aliphatic heterocycles. The van der Waals surface area contributed by atoms with Gasteiger partial charge in [0.25, 0.3) is 0 Å². The Labute approximate surface area is 119 Å². The quantitative estimate of drug-likeness (QED) is 0.903. The standard InChI is InChI=1S/C17H20FNO/c1-12-7-8-17(15(9-12)10-13(2)19)20-11-14-5-3-4-6-16(14)18/h3-9,13H,10-11,19H2,1-2H3. The highest BCUT2D eigenvalue weighted by Gasteiger charge is 2.08. The molecule has 2 N–H and O–H groups in total. The zero-order chi connectivity index (χ0) is 14.5. The second-order valence-electron chi connectivity index (χ2n) is 5.17. The number of hydrogen-bond acceptors (Lipinski definition) is 2. The predicted octanol–water partition coefficient (Wildman–Crippen LogP) is 3.60. The van der Waals surface area contributed by atoms with E-state index in [1.54, 1.807) is 18.2 Å². The van der Waals surface area contributed by atoms with Crippen molar-refractivity contribution in [1.29, 1.82) is 0 Å². The van der Waals surface area contributed by atoms with Crippen molar-refractivity contribution in [2.75, 3.05) is 0 Å². The molecule has 0 spiro atoms. The summed E-state index contributed by atoms with van der Waals surface area (Å²) in [6, 6.07) is 12.7. The molecule has 2 nitrogen and oxygen atoms in total. The van der Waals surface area contributed by atoms with Gasteiger partial charge in [-0.2, -0.15) is 0 Å². The average molecular weight is 273 g/mol. The second kappa shape index (κ2) is 6.53. The highest BCUT2D eigenvalue weighted by atomic mass is 19.1. The van der Waals surface area contributed by atoms with Crippen molar-refractivity contribution in [3.63, 3.8) is 0 Å². The number of nitrogens with two attached hydrogens (primary N) is 1. The lowest BCUT2D eigenvalue weighted by atomic mass is 10.0. The zero-order valence-corrected chi connectivity index (χ0v) is 11.9. The first-order valence-electron chi connectivity index (χ1n) is 6.77.